The fraction of sp³-hybridized carbons (Fsp3) is 0.0870. The number of hydrogen-bond acceptors (Lipinski definition) is 3. The number of anilines is 1. The summed E-state index contributed by atoms with van der Waals surface area (Å²) in [6.07, 6.45) is 0. The highest BCUT2D eigenvalue weighted by atomic mass is 35.5. The molecule has 0 radical (unpaired) electrons. The van der Waals surface area contributed by atoms with Gasteiger partial charge in [-0.05, 0) is 35.4 Å². The first kappa shape index (κ1) is 19.3. The molecule has 3 rings (SSSR count). The number of alkyl halides is 1. The first-order valence-corrected chi connectivity index (χ1v) is 9.15. The molecule has 0 fully saturated rings. The third-order valence-electron chi connectivity index (χ3n) is 4.49. The number of rotatable bonds is 5. The Morgan fingerprint density at radius 1 is 0.929 bits per heavy atom. The molecule has 0 aliphatic heterocycles. The van der Waals surface area contributed by atoms with Crippen LogP contribution in [0.3, 0.4) is 0 Å². The number of halogens is 1. The fourth-order valence-corrected chi connectivity index (χ4v) is 3.07. The Balaban J connectivity index is 1.90. The average molecular weight is 389 g/mol. The Morgan fingerprint density at radius 3 is 2.07 bits per heavy atom. The van der Waals surface area contributed by atoms with Crippen molar-refractivity contribution < 1.29 is 9.59 Å². The zero-order valence-electron chi connectivity index (χ0n) is 15.2. The largest absolute Gasteiger partial charge is 0.314 e. The topological polar surface area (TPSA) is 61.2 Å². The van der Waals surface area contributed by atoms with Crippen molar-refractivity contribution >= 4 is 29.0 Å². The molecule has 0 heterocycles. The second-order valence-electron chi connectivity index (χ2n) is 6.20. The van der Waals surface area contributed by atoms with Gasteiger partial charge in [-0.3, -0.25) is 9.59 Å². The Bertz CT molecular complexity index is 1050. The van der Waals surface area contributed by atoms with Gasteiger partial charge in [0.2, 0.25) is 5.91 Å². The molecule has 3 aromatic rings. The van der Waals surface area contributed by atoms with Gasteiger partial charge in [0.15, 0.2) is 5.78 Å². The van der Waals surface area contributed by atoms with Crippen molar-refractivity contribution in [3.8, 4) is 17.2 Å². The molecule has 5 heteroatoms. The van der Waals surface area contributed by atoms with Crippen molar-refractivity contribution in [1.29, 1.82) is 5.26 Å². The van der Waals surface area contributed by atoms with E-state index in [4.69, 9.17) is 16.9 Å². The lowest BCUT2D eigenvalue weighted by Gasteiger charge is -2.19. The minimum atomic E-state index is -0.280. The van der Waals surface area contributed by atoms with Crippen molar-refractivity contribution in [2.24, 2.45) is 0 Å². The van der Waals surface area contributed by atoms with Crippen LogP contribution < -0.4 is 4.90 Å². The van der Waals surface area contributed by atoms with Gasteiger partial charge in [0, 0.05) is 18.2 Å². The Morgan fingerprint density at radius 2 is 1.50 bits per heavy atom. The fourth-order valence-electron chi connectivity index (χ4n) is 2.89. The molecule has 4 nitrogen and oxygen atoms in total. The molecular formula is C23H17ClN2O2. The van der Waals surface area contributed by atoms with E-state index in [1.165, 1.54) is 4.90 Å². The highest BCUT2D eigenvalue weighted by Crippen LogP contribution is 2.25. The van der Waals surface area contributed by atoms with Gasteiger partial charge in [0.1, 0.15) is 5.88 Å². The number of carbonyl (C=O) groups excluding carboxylic acids is 2. The third-order valence-corrected chi connectivity index (χ3v) is 4.72. The van der Waals surface area contributed by atoms with Gasteiger partial charge in [0.25, 0.3) is 0 Å². The summed E-state index contributed by atoms with van der Waals surface area (Å²) in [6.45, 7) is 0. The number of nitrogens with zero attached hydrogens (tertiary/aromatic N) is 2. The van der Waals surface area contributed by atoms with Crippen LogP contribution in [0.25, 0.3) is 11.1 Å². The quantitative estimate of drug-likeness (QED) is 0.471. The molecule has 3 aromatic carbocycles. The van der Waals surface area contributed by atoms with E-state index in [-0.39, 0.29) is 17.6 Å². The third kappa shape index (κ3) is 3.95. The summed E-state index contributed by atoms with van der Waals surface area (Å²) in [5.74, 6) is -0.604. The summed E-state index contributed by atoms with van der Waals surface area (Å²) < 4.78 is 0. The van der Waals surface area contributed by atoms with Crippen LogP contribution in [-0.2, 0) is 4.79 Å². The first-order valence-electron chi connectivity index (χ1n) is 8.62. The van der Waals surface area contributed by atoms with E-state index in [2.05, 4.69) is 6.07 Å². The summed E-state index contributed by atoms with van der Waals surface area (Å²) in [5.41, 5.74) is 4.00. The van der Waals surface area contributed by atoms with Crippen LogP contribution in [0.5, 0.6) is 0 Å². The first-order chi connectivity index (χ1) is 13.5. The standard InChI is InChI=1S/C23H17ClN2O2/c1-26(22(27)14-24)21-5-3-2-4-20(21)23(28)19-12-10-18(11-13-19)17-8-6-16(15-25)7-9-17/h2-13H,14H2,1H3. The summed E-state index contributed by atoms with van der Waals surface area (Å²) in [6, 6.07) is 23.6. The number of para-hydroxylation sites is 1. The molecule has 138 valence electrons. The van der Waals surface area contributed by atoms with Crippen LogP contribution in [0.1, 0.15) is 21.5 Å². The maximum absolute atomic E-state index is 13.0. The van der Waals surface area contributed by atoms with Crippen molar-refractivity contribution in [3.05, 3.63) is 89.5 Å². The molecule has 0 atom stereocenters. The zero-order valence-corrected chi connectivity index (χ0v) is 16.0. The van der Waals surface area contributed by atoms with Gasteiger partial charge in [-0.15, -0.1) is 11.6 Å². The number of nitriles is 1. The zero-order chi connectivity index (χ0) is 20.1. The van der Waals surface area contributed by atoms with Crippen molar-refractivity contribution in [2.45, 2.75) is 0 Å². The molecule has 0 aliphatic rings. The van der Waals surface area contributed by atoms with E-state index in [0.717, 1.165) is 11.1 Å². The molecule has 0 aromatic heterocycles. The second-order valence-corrected chi connectivity index (χ2v) is 6.47. The Hall–Kier alpha value is -3.42. The van der Waals surface area contributed by atoms with Gasteiger partial charge >= 0.3 is 0 Å². The molecule has 0 N–H and O–H groups in total. The van der Waals surface area contributed by atoms with Gasteiger partial charge < -0.3 is 4.90 Å². The van der Waals surface area contributed by atoms with Gasteiger partial charge in [-0.1, -0.05) is 48.5 Å². The molecule has 28 heavy (non-hydrogen) atoms. The molecular weight excluding hydrogens is 372 g/mol. The molecule has 0 bridgehead atoms. The van der Waals surface area contributed by atoms with Crippen LogP contribution in [-0.4, -0.2) is 24.6 Å². The van der Waals surface area contributed by atoms with E-state index in [9.17, 15) is 9.59 Å². The number of hydrogen-bond donors (Lipinski definition) is 0. The van der Waals surface area contributed by atoms with Crippen LogP contribution in [0.15, 0.2) is 72.8 Å². The molecule has 0 aliphatic carbocycles. The monoisotopic (exact) mass is 388 g/mol. The second kappa shape index (κ2) is 8.51. The van der Waals surface area contributed by atoms with E-state index in [1.807, 2.05) is 24.3 Å². The van der Waals surface area contributed by atoms with Crippen LogP contribution >= 0.6 is 11.6 Å². The summed E-state index contributed by atoms with van der Waals surface area (Å²) >= 11 is 5.65. The predicted molar refractivity (Wildman–Crippen MR) is 111 cm³/mol. The minimum Gasteiger partial charge on any atom is -0.314 e. The summed E-state index contributed by atoms with van der Waals surface area (Å²) in [5, 5.41) is 8.90. The van der Waals surface area contributed by atoms with Crippen molar-refractivity contribution in [2.75, 3.05) is 17.8 Å². The van der Waals surface area contributed by atoms with Crippen LogP contribution in [0.2, 0.25) is 0 Å². The maximum Gasteiger partial charge on any atom is 0.241 e. The summed E-state index contributed by atoms with van der Waals surface area (Å²) in [4.78, 5) is 26.3. The SMILES string of the molecule is CN(C(=O)CCl)c1ccccc1C(=O)c1ccc(-c2ccc(C#N)cc2)cc1. The average Bonchev–Trinajstić information content (AvgIpc) is 2.77. The number of amides is 1. The lowest BCUT2D eigenvalue weighted by atomic mass is 9.98. The molecule has 0 saturated carbocycles. The minimum absolute atomic E-state index is 0.154. The van der Waals surface area contributed by atoms with Crippen molar-refractivity contribution in [3.63, 3.8) is 0 Å². The van der Waals surface area contributed by atoms with Gasteiger partial charge in [-0.2, -0.15) is 5.26 Å². The van der Waals surface area contributed by atoms with Crippen molar-refractivity contribution in [1.82, 2.24) is 0 Å². The van der Waals surface area contributed by atoms with Gasteiger partial charge in [-0.25, -0.2) is 0 Å². The number of ketones is 1. The van der Waals surface area contributed by atoms with E-state index < -0.39 is 0 Å². The molecule has 0 saturated heterocycles. The highest BCUT2D eigenvalue weighted by molar-refractivity contribution is 6.29. The Labute approximate surface area is 168 Å². The Kier molecular flexibility index (Phi) is 5.88. The lowest BCUT2D eigenvalue weighted by molar-refractivity contribution is -0.116. The van der Waals surface area contributed by atoms with E-state index in [1.54, 1.807) is 55.6 Å². The smallest absolute Gasteiger partial charge is 0.241 e. The molecule has 1 amide bonds. The summed E-state index contributed by atoms with van der Waals surface area (Å²) in [7, 11) is 1.60. The van der Waals surface area contributed by atoms with Gasteiger partial charge in [0.05, 0.1) is 17.3 Å². The lowest BCUT2D eigenvalue weighted by Crippen LogP contribution is -2.28. The molecule has 0 spiro atoms. The predicted octanol–water partition coefficient (Wildman–Crippen LogP) is 4.66. The molecule has 0 unspecified atom stereocenters. The number of carbonyl (C=O) groups is 2. The maximum atomic E-state index is 13.0. The highest BCUT2D eigenvalue weighted by Gasteiger charge is 2.19. The van der Waals surface area contributed by atoms with E-state index in [0.29, 0.717) is 22.4 Å². The van der Waals surface area contributed by atoms with E-state index >= 15 is 0 Å². The normalized spacial score (nSPS) is 10.2. The van der Waals surface area contributed by atoms with Crippen LogP contribution in [0.4, 0.5) is 5.69 Å². The number of benzene rings is 3. The van der Waals surface area contributed by atoms with Crippen LogP contribution in [0, 0.1) is 11.3 Å².